The number of para-hydroxylation sites is 1. The Bertz CT molecular complexity index is 1300. The molecule has 0 saturated carbocycles. The number of benzodiazepines with no additional fused rings is 1. The number of nitrogens with zero attached hydrogens (tertiary/aromatic N) is 3. The molecule has 2 aromatic rings. The van der Waals surface area contributed by atoms with Gasteiger partial charge in [0.05, 0.1) is 11.4 Å². The standard InChI is InChI=1S/C30H37N5O5/c1-20-11-9-13-23(17-20)31-30(39)33-28-29(38)35(18-26(37)34-15-7-5-4-6-8-16-34)27-21(2)12-10-14-24(27)25(32-28)19-40-22(3)36/h9-14,17,28H,4-8,15-16,18-19H2,1-3H3,(H2,31,33,39). The molecule has 10 heteroatoms. The second-order valence-corrected chi connectivity index (χ2v) is 10.3. The van der Waals surface area contributed by atoms with Crippen LogP contribution in [0, 0.1) is 13.8 Å². The van der Waals surface area contributed by atoms with Crippen molar-refractivity contribution in [1.29, 1.82) is 0 Å². The van der Waals surface area contributed by atoms with Gasteiger partial charge >= 0.3 is 12.0 Å². The molecule has 0 aromatic heterocycles. The molecule has 0 bridgehead atoms. The van der Waals surface area contributed by atoms with Crippen LogP contribution in [0.25, 0.3) is 0 Å². The van der Waals surface area contributed by atoms with Gasteiger partial charge in [-0.1, -0.05) is 49.6 Å². The van der Waals surface area contributed by atoms with Crippen LogP contribution >= 0.6 is 0 Å². The van der Waals surface area contributed by atoms with E-state index in [9.17, 15) is 19.2 Å². The molecule has 0 aliphatic carbocycles. The van der Waals surface area contributed by atoms with Gasteiger partial charge in [-0.05, 0) is 49.9 Å². The van der Waals surface area contributed by atoms with Gasteiger partial charge in [0.15, 0.2) is 0 Å². The van der Waals surface area contributed by atoms with Crippen molar-refractivity contribution in [3.8, 4) is 0 Å². The summed E-state index contributed by atoms with van der Waals surface area (Å²) < 4.78 is 5.27. The van der Waals surface area contributed by atoms with Crippen molar-refractivity contribution >= 4 is 40.9 Å². The molecule has 2 heterocycles. The van der Waals surface area contributed by atoms with Gasteiger partial charge in [-0.15, -0.1) is 0 Å². The van der Waals surface area contributed by atoms with Crippen LogP contribution in [0.1, 0.15) is 55.7 Å². The first kappa shape index (κ1) is 28.8. The molecular weight excluding hydrogens is 510 g/mol. The predicted molar refractivity (Wildman–Crippen MR) is 153 cm³/mol. The van der Waals surface area contributed by atoms with Crippen LogP contribution in [0.4, 0.5) is 16.2 Å². The third kappa shape index (κ3) is 7.25. The molecule has 2 aromatic carbocycles. The molecule has 1 fully saturated rings. The number of carbonyl (C=O) groups is 4. The first-order chi connectivity index (χ1) is 19.2. The number of aryl methyl sites for hydroxylation is 2. The molecule has 4 amide bonds. The van der Waals surface area contributed by atoms with Crippen LogP contribution in [0.2, 0.25) is 0 Å². The van der Waals surface area contributed by atoms with E-state index >= 15 is 0 Å². The summed E-state index contributed by atoms with van der Waals surface area (Å²) in [4.78, 5) is 60.0. The molecule has 1 unspecified atom stereocenters. The number of aliphatic imine (C=N–C) groups is 1. The highest BCUT2D eigenvalue weighted by Crippen LogP contribution is 2.30. The van der Waals surface area contributed by atoms with Gasteiger partial charge in [0.2, 0.25) is 12.1 Å². The average Bonchev–Trinajstić information content (AvgIpc) is 2.98. The molecular formula is C30H37N5O5. The minimum Gasteiger partial charge on any atom is -0.459 e. The number of benzene rings is 2. The lowest BCUT2D eigenvalue weighted by molar-refractivity contribution is -0.139. The Morgan fingerprint density at radius 3 is 2.40 bits per heavy atom. The molecule has 0 spiro atoms. The number of nitrogens with one attached hydrogen (secondary N) is 2. The van der Waals surface area contributed by atoms with Crippen molar-refractivity contribution in [2.75, 3.05) is 36.5 Å². The summed E-state index contributed by atoms with van der Waals surface area (Å²) in [5.74, 6) is -1.21. The lowest BCUT2D eigenvalue weighted by atomic mass is 10.0. The maximum Gasteiger partial charge on any atom is 0.321 e. The Hall–Kier alpha value is -4.21. The summed E-state index contributed by atoms with van der Waals surface area (Å²) in [6.07, 6.45) is 3.82. The van der Waals surface area contributed by atoms with Crippen LogP contribution in [-0.2, 0) is 19.1 Å². The van der Waals surface area contributed by atoms with E-state index in [2.05, 4.69) is 15.6 Å². The van der Waals surface area contributed by atoms with Crippen LogP contribution in [0.5, 0.6) is 0 Å². The number of ether oxygens (including phenoxy) is 1. The largest absolute Gasteiger partial charge is 0.459 e. The van der Waals surface area contributed by atoms with Crippen molar-refractivity contribution in [3.63, 3.8) is 0 Å². The van der Waals surface area contributed by atoms with Gasteiger partial charge in [-0.2, -0.15) is 0 Å². The van der Waals surface area contributed by atoms with Gasteiger partial charge in [-0.3, -0.25) is 24.3 Å². The Morgan fingerprint density at radius 1 is 1.00 bits per heavy atom. The first-order valence-corrected chi connectivity index (χ1v) is 13.8. The molecule has 10 nitrogen and oxygen atoms in total. The normalized spacial score (nSPS) is 17.5. The third-order valence-electron chi connectivity index (χ3n) is 7.06. The minimum atomic E-state index is -1.35. The molecule has 40 heavy (non-hydrogen) atoms. The topological polar surface area (TPSA) is 120 Å². The zero-order chi connectivity index (χ0) is 28.6. The molecule has 2 N–H and O–H groups in total. The zero-order valence-corrected chi connectivity index (χ0v) is 23.4. The molecule has 0 radical (unpaired) electrons. The maximum atomic E-state index is 14.0. The van der Waals surface area contributed by atoms with Gasteiger partial charge in [0, 0.05) is 31.3 Å². The molecule has 1 saturated heterocycles. The average molecular weight is 548 g/mol. The van der Waals surface area contributed by atoms with E-state index in [-0.39, 0.29) is 19.1 Å². The van der Waals surface area contributed by atoms with E-state index in [1.54, 1.807) is 18.2 Å². The van der Waals surface area contributed by atoms with Gasteiger partial charge in [-0.25, -0.2) is 4.79 Å². The van der Waals surface area contributed by atoms with Crippen molar-refractivity contribution < 1.29 is 23.9 Å². The van der Waals surface area contributed by atoms with Gasteiger partial charge in [0.25, 0.3) is 5.91 Å². The summed E-state index contributed by atoms with van der Waals surface area (Å²) >= 11 is 0. The van der Waals surface area contributed by atoms with Crippen molar-refractivity contribution in [2.24, 2.45) is 4.99 Å². The summed E-state index contributed by atoms with van der Waals surface area (Å²) in [5.41, 5.74) is 3.69. The van der Waals surface area contributed by atoms with Crippen LogP contribution in [0.15, 0.2) is 47.5 Å². The predicted octanol–water partition coefficient (Wildman–Crippen LogP) is 3.94. The summed E-state index contributed by atoms with van der Waals surface area (Å²) in [6, 6.07) is 12.1. The Labute approximate surface area is 234 Å². The van der Waals surface area contributed by atoms with Crippen molar-refractivity contribution in [1.82, 2.24) is 10.2 Å². The molecule has 1 atom stereocenters. The van der Waals surface area contributed by atoms with E-state index in [1.807, 2.05) is 43.0 Å². The highest BCUT2D eigenvalue weighted by atomic mass is 16.5. The Morgan fingerprint density at radius 2 is 1.70 bits per heavy atom. The molecule has 2 aliphatic rings. The Kier molecular flexibility index (Phi) is 9.52. The SMILES string of the molecule is CC(=O)OCC1=NC(NC(=O)Nc2cccc(C)c2)C(=O)N(CC(=O)N2CCCCCCC2)c2c(C)cccc21. The minimum absolute atomic E-state index is 0.157. The number of rotatable bonds is 6. The van der Waals surface area contributed by atoms with Crippen LogP contribution in [-0.4, -0.2) is 66.8 Å². The zero-order valence-electron chi connectivity index (χ0n) is 23.4. The number of hydrogen-bond acceptors (Lipinski definition) is 6. The highest BCUT2D eigenvalue weighted by molar-refractivity contribution is 6.16. The molecule has 4 rings (SSSR count). The number of amides is 4. The maximum absolute atomic E-state index is 14.0. The fourth-order valence-electron chi connectivity index (χ4n) is 5.07. The summed E-state index contributed by atoms with van der Waals surface area (Å²) in [7, 11) is 0. The fraction of sp³-hybridized carbons (Fsp3) is 0.433. The second-order valence-electron chi connectivity index (χ2n) is 10.3. The van der Waals surface area contributed by atoms with E-state index in [4.69, 9.17) is 4.74 Å². The Balaban J connectivity index is 1.67. The first-order valence-electron chi connectivity index (χ1n) is 13.8. The van der Waals surface area contributed by atoms with Crippen LogP contribution < -0.4 is 15.5 Å². The smallest absolute Gasteiger partial charge is 0.321 e. The number of hydrogen-bond donors (Lipinski definition) is 2. The van der Waals surface area contributed by atoms with Gasteiger partial charge in [0.1, 0.15) is 13.2 Å². The van der Waals surface area contributed by atoms with E-state index < -0.39 is 24.1 Å². The monoisotopic (exact) mass is 547 g/mol. The summed E-state index contributed by atoms with van der Waals surface area (Å²) in [5, 5.41) is 5.39. The summed E-state index contributed by atoms with van der Waals surface area (Å²) in [6.45, 7) is 5.96. The number of fused-ring (bicyclic) bond motifs is 1. The number of carbonyl (C=O) groups excluding carboxylic acids is 4. The number of likely N-dealkylation sites (tertiary alicyclic amines) is 1. The van der Waals surface area contributed by atoms with E-state index in [0.29, 0.717) is 35.7 Å². The second kappa shape index (κ2) is 13.2. The lowest BCUT2D eigenvalue weighted by Gasteiger charge is -2.30. The highest BCUT2D eigenvalue weighted by Gasteiger charge is 2.35. The van der Waals surface area contributed by atoms with E-state index in [1.165, 1.54) is 18.2 Å². The third-order valence-corrected chi connectivity index (χ3v) is 7.06. The molecule has 2 aliphatic heterocycles. The van der Waals surface area contributed by atoms with Gasteiger partial charge < -0.3 is 20.3 Å². The molecule has 212 valence electrons. The van der Waals surface area contributed by atoms with Crippen molar-refractivity contribution in [3.05, 3.63) is 59.2 Å². The fourth-order valence-corrected chi connectivity index (χ4v) is 5.07. The quantitative estimate of drug-likeness (QED) is 0.531. The van der Waals surface area contributed by atoms with Crippen LogP contribution in [0.3, 0.4) is 0 Å². The van der Waals surface area contributed by atoms with E-state index in [0.717, 1.165) is 36.8 Å². The lowest BCUT2D eigenvalue weighted by Crippen LogP contribution is -2.52. The number of esters is 1. The van der Waals surface area contributed by atoms with Crippen molar-refractivity contribution in [2.45, 2.75) is 59.0 Å². The number of anilines is 2. The number of urea groups is 1.